The maximum Gasteiger partial charge on any atom is 0.515 e. The quantitative estimate of drug-likeness (QED) is 0.398. The lowest BCUT2D eigenvalue weighted by Gasteiger charge is -2.01. The lowest BCUT2D eigenvalue weighted by atomic mass is 10.4. The maximum absolute atomic E-state index is 10.5. The molecule has 0 aliphatic rings. The van der Waals surface area contributed by atoms with Crippen LogP contribution in [0.5, 0.6) is 0 Å². The van der Waals surface area contributed by atoms with Gasteiger partial charge in [0.05, 0.1) is 6.61 Å². The van der Waals surface area contributed by atoms with Crippen LogP contribution in [0.1, 0.15) is 19.8 Å². The molecular formula is C6H11NO3S. The number of ether oxygens (including phenoxy) is 2. The topological polar surface area (TPSA) is 61.5 Å². The average molecular weight is 177 g/mol. The molecule has 4 nitrogen and oxygen atoms in total. The number of carbonyl (C=O) groups is 1. The molecule has 0 amide bonds. The molecule has 0 saturated heterocycles. The van der Waals surface area contributed by atoms with Gasteiger partial charge in [0, 0.05) is 0 Å². The zero-order valence-corrected chi connectivity index (χ0v) is 7.15. The molecule has 0 aromatic rings. The zero-order valence-electron chi connectivity index (χ0n) is 6.33. The van der Waals surface area contributed by atoms with Gasteiger partial charge in [0.25, 0.3) is 5.17 Å². The van der Waals surface area contributed by atoms with E-state index in [4.69, 9.17) is 5.73 Å². The summed E-state index contributed by atoms with van der Waals surface area (Å²) >= 11 is 4.31. The van der Waals surface area contributed by atoms with Crippen LogP contribution in [-0.4, -0.2) is 17.9 Å². The van der Waals surface area contributed by atoms with Crippen LogP contribution in [0.4, 0.5) is 4.79 Å². The van der Waals surface area contributed by atoms with E-state index in [0.717, 1.165) is 12.8 Å². The van der Waals surface area contributed by atoms with Gasteiger partial charge in [-0.25, -0.2) is 4.79 Å². The Morgan fingerprint density at radius 1 is 1.64 bits per heavy atom. The van der Waals surface area contributed by atoms with E-state index in [0.29, 0.717) is 6.61 Å². The monoisotopic (exact) mass is 177 g/mol. The summed E-state index contributed by atoms with van der Waals surface area (Å²) in [6.07, 6.45) is 0.943. The molecule has 0 atom stereocenters. The molecule has 0 aromatic heterocycles. The molecule has 0 spiro atoms. The van der Waals surface area contributed by atoms with Gasteiger partial charge < -0.3 is 15.2 Å². The van der Waals surface area contributed by atoms with Crippen LogP contribution >= 0.6 is 12.2 Å². The summed E-state index contributed by atoms with van der Waals surface area (Å²) in [6, 6.07) is 0. The van der Waals surface area contributed by atoms with Crippen molar-refractivity contribution in [3.63, 3.8) is 0 Å². The highest BCUT2D eigenvalue weighted by molar-refractivity contribution is 7.80. The van der Waals surface area contributed by atoms with Gasteiger partial charge in [-0.3, -0.25) is 0 Å². The van der Waals surface area contributed by atoms with Crippen LogP contribution in [0.15, 0.2) is 0 Å². The molecule has 0 radical (unpaired) electrons. The Morgan fingerprint density at radius 2 is 2.27 bits per heavy atom. The smallest absolute Gasteiger partial charge is 0.434 e. The molecule has 0 rings (SSSR count). The lowest BCUT2D eigenvalue weighted by molar-refractivity contribution is 0.0949. The second-order valence-corrected chi connectivity index (χ2v) is 2.28. The summed E-state index contributed by atoms with van der Waals surface area (Å²) in [5.41, 5.74) is 4.91. The Labute approximate surface area is 70.7 Å². The van der Waals surface area contributed by atoms with Crippen molar-refractivity contribution in [3.8, 4) is 0 Å². The van der Waals surface area contributed by atoms with Crippen LogP contribution in [0.25, 0.3) is 0 Å². The highest BCUT2D eigenvalue weighted by atomic mass is 32.1. The maximum atomic E-state index is 10.5. The molecular weight excluding hydrogens is 166 g/mol. The zero-order chi connectivity index (χ0) is 8.69. The molecule has 0 saturated carbocycles. The van der Waals surface area contributed by atoms with Crippen molar-refractivity contribution in [2.24, 2.45) is 5.73 Å². The minimum Gasteiger partial charge on any atom is -0.434 e. The van der Waals surface area contributed by atoms with Crippen molar-refractivity contribution in [1.82, 2.24) is 0 Å². The molecule has 0 unspecified atom stereocenters. The van der Waals surface area contributed by atoms with Crippen LogP contribution in [0, 0.1) is 0 Å². The molecule has 5 heteroatoms. The molecule has 0 bridgehead atoms. The predicted molar refractivity (Wildman–Crippen MR) is 44.1 cm³/mol. The van der Waals surface area contributed by atoms with Gasteiger partial charge in [0.15, 0.2) is 0 Å². The number of hydrogen-bond donors (Lipinski definition) is 1. The number of rotatable bonds is 3. The molecule has 0 aliphatic carbocycles. The first-order chi connectivity index (χ1) is 5.16. The van der Waals surface area contributed by atoms with E-state index in [2.05, 4.69) is 21.7 Å². The molecule has 0 aromatic carbocycles. The van der Waals surface area contributed by atoms with Crippen LogP contribution in [0.3, 0.4) is 0 Å². The summed E-state index contributed by atoms with van der Waals surface area (Å²) in [7, 11) is 0. The molecule has 2 N–H and O–H groups in total. The van der Waals surface area contributed by atoms with Crippen molar-refractivity contribution < 1.29 is 14.3 Å². The standard InChI is InChI=1S/C6H11NO3S/c1-2-3-4-9-6(8)10-5(7)11/h2-4H2,1H3,(H2,7,11). The third-order valence-electron chi connectivity index (χ3n) is 0.902. The van der Waals surface area contributed by atoms with Gasteiger partial charge in [-0.15, -0.1) is 0 Å². The second-order valence-electron chi connectivity index (χ2n) is 1.87. The average Bonchev–Trinajstić information content (AvgIpc) is 1.86. The van der Waals surface area contributed by atoms with Gasteiger partial charge in [-0.2, -0.15) is 0 Å². The summed E-state index contributed by atoms with van der Waals surface area (Å²) < 4.78 is 8.81. The van der Waals surface area contributed by atoms with Crippen molar-refractivity contribution in [2.75, 3.05) is 6.61 Å². The molecule has 0 heterocycles. The third kappa shape index (κ3) is 7.05. The molecule has 11 heavy (non-hydrogen) atoms. The lowest BCUT2D eigenvalue weighted by Crippen LogP contribution is -2.19. The highest BCUT2D eigenvalue weighted by Crippen LogP contribution is 1.90. The molecule has 64 valence electrons. The van der Waals surface area contributed by atoms with E-state index in [1.54, 1.807) is 0 Å². The van der Waals surface area contributed by atoms with Crippen LogP contribution in [-0.2, 0) is 9.47 Å². The summed E-state index contributed by atoms with van der Waals surface area (Å²) in [4.78, 5) is 10.5. The van der Waals surface area contributed by atoms with E-state index < -0.39 is 6.16 Å². The number of hydrogen-bond acceptors (Lipinski definition) is 4. The fraction of sp³-hybridized carbons (Fsp3) is 0.667. The summed E-state index contributed by atoms with van der Waals surface area (Å²) in [5, 5.41) is -0.313. The summed E-state index contributed by atoms with van der Waals surface area (Å²) in [5.74, 6) is 0. The number of carbonyl (C=O) groups excluding carboxylic acids is 1. The minimum atomic E-state index is -0.828. The number of unbranched alkanes of at least 4 members (excludes halogenated alkanes) is 1. The first-order valence-corrected chi connectivity index (χ1v) is 3.71. The van der Waals surface area contributed by atoms with Gasteiger partial charge in [0.2, 0.25) is 0 Å². The Bertz CT molecular complexity index is 149. The Morgan fingerprint density at radius 3 is 2.73 bits per heavy atom. The Balaban J connectivity index is 3.30. The van der Waals surface area contributed by atoms with E-state index >= 15 is 0 Å². The van der Waals surface area contributed by atoms with E-state index in [1.165, 1.54) is 0 Å². The van der Waals surface area contributed by atoms with E-state index in [1.807, 2.05) is 6.92 Å². The first-order valence-electron chi connectivity index (χ1n) is 3.31. The third-order valence-corrected chi connectivity index (χ3v) is 0.985. The minimum absolute atomic E-state index is 0.313. The van der Waals surface area contributed by atoms with Crippen molar-refractivity contribution in [3.05, 3.63) is 0 Å². The van der Waals surface area contributed by atoms with Crippen molar-refractivity contribution >= 4 is 23.5 Å². The fourth-order valence-electron chi connectivity index (χ4n) is 0.411. The predicted octanol–water partition coefficient (Wildman–Crippen LogP) is 1.18. The summed E-state index contributed by atoms with van der Waals surface area (Å²) in [6.45, 7) is 2.33. The van der Waals surface area contributed by atoms with Crippen molar-refractivity contribution in [2.45, 2.75) is 19.8 Å². The van der Waals surface area contributed by atoms with Crippen molar-refractivity contribution in [1.29, 1.82) is 0 Å². The van der Waals surface area contributed by atoms with Crippen LogP contribution in [0.2, 0.25) is 0 Å². The Hall–Kier alpha value is -0.840. The van der Waals surface area contributed by atoms with Gasteiger partial charge in [0.1, 0.15) is 0 Å². The highest BCUT2D eigenvalue weighted by Gasteiger charge is 2.03. The second kappa shape index (κ2) is 5.91. The van der Waals surface area contributed by atoms with E-state index in [-0.39, 0.29) is 5.17 Å². The first kappa shape index (κ1) is 10.2. The SMILES string of the molecule is CCCCOC(=O)OC(N)=S. The number of nitrogens with two attached hydrogens (primary N) is 1. The van der Waals surface area contributed by atoms with Gasteiger partial charge >= 0.3 is 6.16 Å². The number of thiocarbonyl (C=S) groups is 1. The fourth-order valence-corrected chi connectivity index (χ4v) is 0.479. The normalized spacial score (nSPS) is 8.82. The molecule has 0 fully saturated rings. The largest absolute Gasteiger partial charge is 0.515 e. The van der Waals surface area contributed by atoms with Gasteiger partial charge in [-0.05, 0) is 18.6 Å². The van der Waals surface area contributed by atoms with E-state index in [9.17, 15) is 4.79 Å². The molecule has 0 aliphatic heterocycles. The van der Waals surface area contributed by atoms with Crippen LogP contribution < -0.4 is 5.73 Å². The Kier molecular flexibility index (Phi) is 5.46. The van der Waals surface area contributed by atoms with Gasteiger partial charge in [-0.1, -0.05) is 13.3 Å².